The zero-order valence-corrected chi connectivity index (χ0v) is 14.5. The summed E-state index contributed by atoms with van der Waals surface area (Å²) >= 11 is 0. The van der Waals surface area contributed by atoms with Crippen LogP contribution in [-0.2, 0) is 0 Å². The molecule has 1 aromatic heterocycles. The summed E-state index contributed by atoms with van der Waals surface area (Å²) in [6, 6.07) is 29.9. The maximum Gasteiger partial charge on any atom is 0.272 e. The van der Waals surface area contributed by atoms with Crippen molar-refractivity contribution in [1.29, 1.82) is 0 Å². The van der Waals surface area contributed by atoms with Crippen LogP contribution in [0.4, 0.5) is 0 Å². The van der Waals surface area contributed by atoms with Gasteiger partial charge in [0.25, 0.3) is 5.91 Å². The molecule has 1 amide bonds. The van der Waals surface area contributed by atoms with Gasteiger partial charge in [0, 0.05) is 11.1 Å². The first-order valence-electron chi connectivity index (χ1n) is 8.92. The lowest BCUT2D eigenvalue weighted by Gasteiger charge is -2.16. The molecule has 0 saturated carbocycles. The normalized spacial score (nSPS) is 15.4. The summed E-state index contributed by atoms with van der Waals surface area (Å²) < 4.78 is 1.88. The molecule has 4 nitrogen and oxygen atoms in total. The summed E-state index contributed by atoms with van der Waals surface area (Å²) in [4.78, 5) is 12.7. The van der Waals surface area contributed by atoms with Crippen LogP contribution in [0.5, 0.6) is 0 Å². The van der Waals surface area contributed by atoms with Gasteiger partial charge in [0.15, 0.2) is 5.69 Å². The average Bonchev–Trinajstić information content (AvgIpc) is 3.28. The Bertz CT molecular complexity index is 1100. The first-order chi connectivity index (χ1) is 13.3. The average molecular weight is 351 g/mol. The van der Waals surface area contributed by atoms with Crippen molar-refractivity contribution in [2.45, 2.75) is 6.04 Å². The minimum absolute atomic E-state index is 0.134. The van der Waals surface area contributed by atoms with Crippen LogP contribution in [0.15, 0.2) is 91.0 Å². The minimum Gasteiger partial charge on any atom is -0.340 e. The third kappa shape index (κ3) is 2.54. The van der Waals surface area contributed by atoms with Gasteiger partial charge in [-0.2, -0.15) is 5.10 Å². The van der Waals surface area contributed by atoms with Crippen LogP contribution >= 0.6 is 0 Å². The molecule has 0 bridgehead atoms. The molecular formula is C23H17N3O. The fraction of sp³-hybridized carbons (Fsp3) is 0.0435. The number of para-hydroxylation sites is 1. The number of nitrogens with zero attached hydrogens (tertiary/aromatic N) is 2. The minimum atomic E-state index is -0.207. The van der Waals surface area contributed by atoms with Gasteiger partial charge >= 0.3 is 0 Å². The molecule has 1 N–H and O–H groups in total. The maximum atomic E-state index is 12.7. The van der Waals surface area contributed by atoms with E-state index in [1.807, 2.05) is 83.5 Å². The largest absolute Gasteiger partial charge is 0.340 e. The van der Waals surface area contributed by atoms with E-state index in [-0.39, 0.29) is 11.9 Å². The van der Waals surface area contributed by atoms with Gasteiger partial charge in [0.2, 0.25) is 0 Å². The van der Waals surface area contributed by atoms with Crippen LogP contribution in [0.2, 0.25) is 0 Å². The van der Waals surface area contributed by atoms with Crippen LogP contribution < -0.4 is 5.32 Å². The molecule has 1 unspecified atom stereocenters. The molecule has 27 heavy (non-hydrogen) atoms. The third-order valence-corrected chi connectivity index (χ3v) is 4.88. The van der Waals surface area contributed by atoms with Crippen molar-refractivity contribution in [3.05, 3.63) is 108 Å². The van der Waals surface area contributed by atoms with Crippen molar-refractivity contribution in [1.82, 2.24) is 15.1 Å². The molecule has 5 rings (SSSR count). The second kappa shape index (κ2) is 6.25. The molecule has 1 atom stereocenters. The monoisotopic (exact) mass is 351 g/mol. The van der Waals surface area contributed by atoms with Gasteiger partial charge in [0.05, 0.1) is 17.4 Å². The molecular weight excluding hydrogens is 334 g/mol. The number of nitrogens with one attached hydrogen (secondary N) is 1. The molecule has 0 spiro atoms. The Kier molecular flexibility index (Phi) is 3.61. The van der Waals surface area contributed by atoms with E-state index in [0.29, 0.717) is 5.69 Å². The quantitative estimate of drug-likeness (QED) is 0.596. The first-order valence-corrected chi connectivity index (χ1v) is 8.92. The summed E-state index contributed by atoms with van der Waals surface area (Å²) in [5.74, 6) is -0.134. The molecule has 0 fully saturated rings. The van der Waals surface area contributed by atoms with E-state index in [4.69, 9.17) is 5.10 Å². The number of aromatic nitrogens is 2. The summed E-state index contributed by atoms with van der Waals surface area (Å²) in [5, 5.41) is 7.79. The van der Waals surface area contributed by atoms with Gasteiger partial charge in [-0.25, -0.2) is 4.68 Å². The topological polar surface area (TPSA) is 46.9 Å². The van der Waals surface area contributed by atoms with E-state index in [9.17, 15) is 4.79 Å². The summed E-state index contributed by atoms with van der Waals surface area (Å²) in [6.07, 6.45) is 0. The molecule has 1 aliphatic heterocycles. The lowest BCUT2D eigenvalue weighted by Crippen LogP contribution is -2.22. The zero-order chi connectivity index (χ0) is 18.2. The SMILES string of the molecule is O=C1NC(c2ccccc2)c2c1nn(-c1ccccc1)c2-c1ccccc1. The summed E-state index contributed by atoms with van der Waals surface area (Å²) in [5.41, 5.74) is 5.39. The smallest absolute Gasteiger partial charge is 0.272 e. The van der Waals surface area contributed by atoms with E-state index in [1.165, 1.54) is 0 Å². The fourth-order valence-electron chi connectivity index (χ4n) is 3.67. The van der Waals surface area contributed by atoms with E-state index < -0.39 is 0 Å². The number of rotatable bonds is 3. The van der Waals surface area contributed by atoms with E-state index in [0.717, 1.165) is 28.1 Å². The number of hydrogen-bond acceptors (Lipinski definition) is 2. The van der Waals surface area contributed by atoms with Crippen molar-refractivity contribution >= 4 is 5.91 Å². The van der Waals surface area contributed by atoms with E-state index in [1.54, 1.807) is 0 Å². The van der Waals surface area contributed by atoms with Gasteiger partial charge in [-0.3, -0.25) is 4.79 Å². The van der Waals surface area contributed by atoms with Crippen molar-refractivity contribution < 1.29 is 4.79 Å². The van der Waals surface area contributed by atoms with Crippen LogP contribution in [0.3, 0.4) is 0 Å². The highest BCUT2D eigenvalue weighted by molar-refractivity contribution is 6.00. The van der Waals surface area contributed by atoms with Crippen molar-refractivity contribution in [2.75, 3.05) is 0 Å². The van der Waals surface area contributed by atoms with Gasteiger partial charge in [-0.1, -0.05) is 78.9 Å². The van der Waals surface area contributed by atoms with Crippen molar-refractivity contribution in [2.24, 2.45) is 0 Å². The molecule has 4 aromatic rings. The van der Waals surface area contributed by atoms with Gasteiger partial charge in [0.1, 0.15) is 0 Å². The highest BCUT2D eigenvalue weighted by Gasteiger charge is 2.37. The molecule has 2 heterocycles. The summed E-state index contributed by atoms with van der Waals surface area (Å²) in [6.45, 7) is 0. The summed E-state index contributed by atoms with van der Waals surface area (Å²) in [7, 11) is 0. The maximum absolute atomic E-state index is 12.7. The Balaban J connectivity index is 1.79. The number of fused-ring (bicyclic) bond motifs is 1. The molecule has 130 valence electrons. The van der Waals surface area contributed by atoms with Crippen LogP contribution in [0.1, 0.15) is 27.7 Å². The van der Waals surface area contributed by atoms with Crippen molar-refractivity contribution in [3.63, 3.8) is 0 Å². The van der Waals surface area contributed by atoms with Crippen LogP contribution in [0.25, 0.3) is 16.9 Å². The Labute approximate surface area is 157 Å². The lowest BCUT2D eigenvalue weighted by molar-refractivity contribution is 0.0955. The third-order valence-electron chi connectivity index (χ3n) is 4.88. The zero-order valence-electron chi connectivity index (χ0n) is 14.5. The number of carbonyl (C=O) groups excluding carboxylic acids is 1. The Morgan fingerprint density at radius 1 is 0.778 bits per heavy atom. The van der Waals surface area contributed by atoms with Crippen LogP contribution in [0, 0.1) is 0 Å². The fourth-order valence-corrected chi connectivity index (χ4v) is 3.67. The Morgan fingerprint density at radius 3 is 2.04 bits per heavy atom. The van der Waals surface area contributed by atoms with Gasteiger partial charge in [-0.15, -0.1) is 0 Å². The number of hydrogen-bond donors (Lipinski definition) is 1. The highest BCUT2D eigenvalue weighted by atomic mass is 16.2. The van der Waals surface area contributed by atoms with Crippen molar-refractivity contribution in [3.8, 4) is 16.9 Å². The van der Waals surface area contributed by atoms with Crippen LogP contribution in [-0.4, -0.2) is 15.7 Å². The predicted octanol–water partition coefficient (Wildman–Crippen LogP) is 4.37. The van der Waals surface area contributed by atoms with Gasteiger partial charge in [-0.05, 0) is 17.7 Å². The first kappa shape index (κ1) is 15.6. The van der Waals surface area contributed by atoms with E-state index in [2.05, 4.69) is 17.4 Å². The van der Waals surface area contributed by atoms with E-state index >= 15 is 0 Å². The molecule has 0 radical (unpaired) electrons. The number of benzene rings is 3. The van der Waals surface area contributed by atoms with Gasteiger partial charge < -0.3 is 5.32 Å². The Morgan fingerprint density at radius 2 is 1.37 bits per heavy atom. The molecule has 3 aromatic carbocycles. The second-order valence-corrected chi connectivity index (χ2v) is 6.54. The molecule has 0 saturated heterocycles. The molecule has 1 aliphatic rings. The highest BCUT2D eigenvalue weighted by Crippen LogP contribution is 2.39. The standard InChI is InChI=1S/C23H17N3O/c27-23-21-19(20(24-23)16-10-4-1-5-11-16)22(17-12-6-2-7-13-17)26(25-21)18-14-8-3-9-15-18/h1-15,20H,(H,24,27). The molecule has 0 aliphatic carbocycles. The molecule has 4 heteroatoms. The second-order valence-electron chi connectivity index (χ2n) is 6.54. The number of carbonyl (C=O) groups is 1. The number of amides is 1. The Hall–Kier alpha value is -3.66. The predicted molar refractivity (Wildman–Crippen MR) is 105 cm³/mol. The lowest BCUT2D eigenvalue weighted by atomic mass is 9.96.